The SMILES string of the molecule is CN1CCN(NC(=O)C(=O)Nc2cccc([N+](=O)[O-])c2)CC1. The van der Waals surface area contributed by atoms with E-state index in [1.54, 1.807) is 5.01 Å². The van der Waals surface area contributed by atoms with E-state index in [0.717, 1.165) is 13.1 Å². The minimum atomic E-state index is -0.862. The van der Waals surface area contributed by atoms with Gasteiger partial charge >= 0.3 is 11.8 Å². The summed E-state index contributed by atoms with van der Waals surface area (Å²) in [5.74, 6) is -1.66. The third-order valence-corrected chi connectivity index (χ3v) is 3.28. The van der Waals surface area contributed by atoms with Gasteiger partial charge in [-0.05, 0) is 13.1 Å². The number of nitro groups is 1. The number of anilines is 1. The smallest absolute Gasteiger partial charge is 0.317 e. The zero-order valence-corrected chi connectivity index (χ0v) is 12.1. The minimum absolute atomic E-state index is 0.155. The number of carbonyl (C=O) groups excluding carboxylic acids is 2. The highest BCUT2D eigenvalue weighted by molar-refractivity contribution is 6.39. The number of hydrogen-bond donors (Lipinski definition) is 2. The van der Waals surface area contributed by atoms with Crippen LogP contribution in [0, 0.1) is 10.1 Å². The molecule has 9 heteroatoms. The molecule has 1 aliphatic heterocycles. The summed E-state index contributed by atoms with van der Waals surface area (Å²) in [6.07, 6.45) is 0. The molecule has 22 heavy (non-hydrogen) atoms. The number of nitrogens with zero attached hydrogens (tertiary/aromatic N) is 3. The Labute approximate surface area is 127 Å². The lowest BCUT2D eigenvalue weighted by Gasteiger charge is -2.32. The molecule has 0 aromatic heterocycles. The average molecular weight is 307 g/mol. The maximum Gasteiger partial charge on any atom is 0.323 e. The Balaban J connectivity index is 1.90. The van der Waals surface area contributed by atoms with Crippen LogP contribution in [0.1, 0.15) is 0 Å². The maximum atomic E-state index is 11.8. The fourth-order valence-electron chi connectivity index (χ4n) is 2.00. The Kier molecular flexibility index (Phi) is 5.02. The second kappa shape index (κ2) is 6.96. The van der Waals surface area contributed by atoms with Crippen LogP contribution in [0.25, 0.3) is 0 Å². The Bertz CT molecular complexity index is 584. The van der Waals surface area contributed by atoms with Crippen molar-refractivity contribution in [3.05, 3.63) is 34.4 Å². The molecule has 0 saturated carbocycles. The summed E-state index contributed by atoms with van der Waals surface area (Å²) in [6, 6.07) is 5.42. The summed E-state index contributed by atoms with van der Waals surface area (Å²) in [5, 5.41) is 14.7. The average Bonchev–Trinajstić information content (AvgIpc) is 2.49. The third kappa shape index (κ3) is 4.24. The predicted octanol–water partition coefficient (Wildman–Crippen LogP) is -0.188. The van der Waals surface area contributed by atoms with E-state index in [2.05, 4.69) is 15.6 Å². The van der Waals surface area contributed by atoms with Gasteiger partial charge < -0.3 is 10.2 Å². The number of non-ortho nitro benzene ring substituents is 1. The van der Waals surface area contributed by atoms with Crippen LogP contribution in [0.5, 0.6) is 0 Å². The van der Waals surface area contributed by atoms with Gasteiger partial charge in [0.2, 0.25) is 0 Å². The molecule has 0 spiro atoms. The van der Waals surface area contributed by atoms with Gasteiger partial charge in [0.25, 0.3) is 5.69 Å². The molecule has 1 aliphatic rings. The first-order valence-electron chi connectivity index (χ1n) is 6.75. The van der Waals surface area contributed by atoms with Crippen LogP contribution in [0.4, 0.5) is 11.4 Å². The molecule has 1 fully saturated rings. The number of likely N-dealkylation sites (N-methyl/N-ethyl adjacent to an activating group) is 1. The maximum absolute atomic E-state index is 11.8. The van der Waals surface area contributed by atoms with Crippen molar-refractivity contribution in [1.29, 1.82) is 0 Å². The first kappa shape index (κ1) is 15.9. The molecular formula is C13H17N5O4. The van der Waals surface area contributed by atoms with Crippen molar-refractivity contribution in [2.75, 3.05) is 38.5 Å². The van der Waals surface area contributed by atoms with Crippen molar-refractivity contribution < 1.29 is 14.5 Å². The first-order valence-corrected chi connectivity index (χ1v) is 6.75. The van der Waals surface area contributed by atoms with Crippen LogP contribution in [0.15, 0.2) is 24.3 Å². The zero-order chi connectivity index (χ0) is 16.1. The molecule has 1 heterocycles. The van der Waals surface area contributed by atoms with Crippen molar-refractivity contribution in [2.24, 2.45) is 0 Å². The number of carbonyl (C=O) groups is 2. The Morgan fingerprint density at radius 2 is 1.86 bits per heavy atom. The van der Waals surface area contributed by atoms with E-state index < -0.39 is 16.7 Å². The molecule has 0 bridgehead atoms. The van der Waals surface area contributed by atoms with Crippen LogP contribution >= 0.6 is 0 Å². The fourth-order valence-corrected chi connectivity index (χ4v) is 2.00. The van der Waals surface area contributed by atoms with Gasteiger partial charge in [0, 0.05) is 44.0 Å². The standard InChI is InChI=1S/C13H17N5O4/c1-16-5-7-17(8-6-16)15-13(20)12(19)14-10-3-2-4-11(9-10)18(21)22/h2-4,9H,5-8H2,1H3,(H,14,19)(H,15,20). The van der Waals surface area contributed by atoms with E-state index in [1.165, 1.54) is 24.3 Å². The number of hydrogen-bond acceptors (Lipinski definition) is 6. The van der Waals surface area contributed by atoms with Crippen molar-refractivity contribution >= 4 is 23.2 Å². The van der Waals surface area contributed by atoms with E-state index in [1.807, 2.05) is 7.05 Å². The van der Waals surface area contributed by atoms with Crippen molar-refractivity contribution in [3.8, 4) is 0 Å². The quantitative estimate of drug-likeness (QED) is 0.455. The summed E-state index contributed by atoms with van der Waals surface area (Å²) in [6.45, 7) is 2.86. The molecule has 1 aromatic rings. The number of benzene rings is 1. The van der Waals surface area contributed by atoms with Gasteiger partial charge in [0.1, 0.15) is 0 Å². The number of rotatable bonds is 3. The second-order valence-corrected chi connectivity index (χ2v) is 4.99. The van der Waals surface area contributed by atoms with Crippen LogP contribution in [0.2, 0.25) is 0 Å². The molecule has 0 atom stereocenters. The van der Waals surface area contributed by atoms with Gasteiger partial charge in [-0.3, -0.25) is 25.1 Å². The van der Waals surface area contributed by atoms with Crippen molar-refractivity contribution in [1.82, 2.24) is 15.3 Å². The molecule has 9 nitrogen and oxygen atoms in total. The predicted molar refractivity (Wildman–Crippen MR) is 78.9 cm³/mol. The lowest BCUT2D eigenvalue weighted by molar-refractivity contribution is -0.384. The molecule has 0 unspecified atom stereocenters. The van der Waals surface area contributed by atoms with E-state index in [9.17, 15) is 19.7 Å². The van der Waals surface area contributed by atoms with Gasteiger partial charge in [-0.2, -0.15) is 0 Å². The monoisotopic (exact) mass is 307 g/mol. The number of nitrogens with one attached hydrogen (secondary N) is 2. The summed E-state index contributed by atoms with van der Waals surface area (Å²) < 4.78 is 0. The largest absolute Gasteiger partial charge is 0.323 e. The molecule has 0 aliphatic carbocycles. The second-order valence-electron chi connectivity index (χ2n) is 4.99. The van der Waals surface area contributed by atoms with Crippen LogP contribution < -0.4 is 10.7 Å². The van der Waals surface area contributed by atoms with Crippen molar-refractivity contribution in [3.63, 3.8) is 0 Å². The fraction of sp³-hybridized carbons (Fsp3) is 0.385. The Morgan fingerprint density at radius 3 is 2.50 bits per heavy atom. The number of piperazine rings is 1. The van der Waals surface area contributed by atoms with Gasteiger partial charge in [0.05, 0.1) is 4.92 Å². The molecule has 2 N–H and O–H groups in total. The highest BCUT2D eigenvalue weighted by Crippen LogP contribution is 2.16. The summed E-state index contributed by atoms with van der Waals surface area (Å²) in [7, 11) is 1.98. The normalized spacial score (nSPS) is 16.0. The van der Waals surface area contributed by atoms with Crippen LogP contribution in [-0.4, -0.2) is 59.9 Å². The Morgan fingerprint density at radius 1 is 1.18 bits per heavy atom. The third-order valence-electron chi connectivity index (χ3n) is 3.28. The minimum Gasteiger partial charge on any atom is -0.317 e. The van der Waals surface area contributed by atoms with Gasteiger partial charge in [-0.25, -0.2) is 5.01 Å². The summed E-state index contributed by atoms with van der Waals surface area (Å²) in [5.41, 5.74) is 2.56. The highest BCUT2D eigenvalue weighted by Gasteiger charge is 2.20. The lowest BCUT2D eigenvalue weighted by atomic mass is 10.3. The molecule has 1 saturated heterocycles. The molecule has 1 aromatic carbocycles. The zero-order valence-electron chi connectivity index (χ0n) is 12.1. The van der Waals surface area contributed by atoms with E-state index >= 15 is 0 Å². The number of nitro benzene ring substituents is 1. The molecule has 2 rings (SSSR count). The van der Waals surface area contributed by atoms with Gasteiger partial charge in [-0.1, -0.05) is 6.07 Å². The van der Waals surface area contributed by atoms with Gasteiger partial charge in [-0.15, -0.1) is 0 Å². The lowest BCUT2D eigenvalue weighted by Crippen LogP contribution is -2.54. The Hall–Kier alpha value is -2.52. The molecule has 0 radical (unpaired) electrons. The summed E-state index contributed by atoms with van der Waals surface area (Å²) in [4.78, 5) is 35.8. The van der Waals surface area contributed by atoms with Crippen LogP contribution in [0.3, 0.4) is 0 Å². The van der Waals surface area contributed by atoms with Crippen molar-refractivity contribution in [2.45, 2.75) is 0 Å². The molecular weight excluding hydrogens is 290 g/mol. The van der Waals surface area contributed by atoms with Crippen LogP contribution in [-0.2, 0) is 9.59 Å². The first-order chi connectivity index (χ1) is 10.5. The molecule has 2 amide bonds. The van der Waals surface area contributed by atoms with Gasteiger partial charge in [0.15, 0.2) is 0 Å². The molecule has 118 valence electrons. The topological polar surface area (TPSA) is 108 Å². The number of hydrazine groups is 1. The summed E-state index contributed by atoms with van der Waals surface area (Å²) >= 11 is 0. The highest BCUT2D eigenvalue weighted by atomic mass is 16.6. The van der Waals surface area contributed by atoms with E-state index in [0.29, 0.717) is 13.1 Å². The van der Waals surface area contributed by atoms with E-state index in [-0.39, 0.29) is 11.4 Å². The number of amides is 2. The van der Waals surface area contributed by atoms with E-state index in [4.69, 9.17) is 0 Å².